The fourth-order valence-corrected chi connectivity index (χ4v) is 1.52. The van der Waals surface area contributed by atoms with Crippen LogP contribution >= 0.6 is 0 Å². The van der Waals surface area contributed by atoms with E-state index < -0.39 is 0 Å². The molecule has 2 N–H and O–H groups in total. The normalized spacial score (nSPS) is 12.1. The van der Waals surface area contributed by atoms with Crippen molar-refractivity contribution in [2.24, 2.45) is 0 Å². The number of nitrogens with one attached hydrogen (secondary N) is 2. The Morgan fingerprint density at radius 2 is 1.05 bits per heavy atom. The van der Waals surface area contributed by atoms with Gasteiger partial charge in [0.05, 0.1) is 42.3 Å². The summed E-state index contributed by atoms with van der Waals surface area (Å²) in [6.07, 6.45) is 0.756. The molecular weight excluding hydrogens is 244 g/mol. The summed E-state index contributed by atoms with van der Waals surface area (Å²) in [7, 11) is 11.9. The smallest absolute Gasteiger partial charge is 0.275 e. The highest BCUT2D eigenvalue weighted by Gasteiger charge is 2.14. The lowest BCUT2D eigenvalue weighted by atomic mass is 10.4. The molecule has 6 heteroatoms. The highest BCUT2D eigenvalue weighted by atomic mass is 16.2. The zero-order chi connectivity index (χ0) is 15.1. The first-order valence-corrected chi connectivity index (χ1v) is 6.64. The maximum atomic E-state index is 11.5. The first-order chi connectivity index (χ1) is 8.49. The summed E-state index contributed by atoms with van der Waals surface area (Å²) < 4.78 is 1.23. The molecular formula is C13H30N4O2+2. The van der Waals surface area contributed by atoms with Crippen LogP contribution in [0.3, 0.4) is 0 Å². The lowest BCUT2D eigenvalue weighted by Gasteiger charge is -2.23. The van der Waals surface area contributed by atoms with E-state index in [0.717, 1.165) is 6.42 Å². The van der Waals surface area contributed by atoms with E-state index >= 15 is 0 Å². The van der Waals surface area contributed by atoms with Crippen LogP contribution in [0, 0.1) is 0 Å². The number of hydrogen-bond donors (Lipinski definition) is 2. The number of quaternary nitrogens is 2. The maximum absolute atomic E-state index is 11.5. The molecule has 0 saturated carbocycles. The molecule has 0 rings (SSSR count). The van der Waals surface area contributed by atoms with Crippen molar-refractivity contribution in [2.45, 2.75) is 6.42 Å². The van der Waals surface area contributed by atoms with Crippen LogP contribution in [-0.4, -0.2) is 89.2 Å². The number of amides is 2. The van der Waals surface area contributed by atoms with Gasteiger partial charge in [-0.2, -0.15) is 0 Å². The molecule has 2 amide bonds. The monoisotopic (exact) mass is 274 g/mol. The zero-order valence-corrected chi connectivity index (χ0v) is 13.2. The van der Waals surface area contributed by atoms with Crippen LogP contribution < -0.4 is 10.6 Å². The first-order valence-electron chi connectivity index (χ1n) is 6.64. The van der Waals surface area contributed by atoms with Gasteiger partial charge in [0, 0.05) is 13.1 Å². The largest absolute Gasteiger partial charge is 0.351 e. The van der Waals surface area contributed by atoms with Gasteiger partial charge in [0.1, 0.15) is 0 Å². The predicted octanol–water partition coefficient (Wildman–Crippen LogP) is -0.979. The van der Waals surface area contributed by atoms with Crippen molar-refractivity contribution in [2.75, 3.05) is 68.5 Å². The summed E-state index contributed by atoms with van der Waals surface area (Å²) in [6.45, 7) is 2.13. The molecule has 0 aliphatic carbocycles. The van der Waals surface area contributed by atoms with E-state index in [2.05, 4.69) is 10.6 Å². The summed E-state index contributed by atoms with van der Waals surface area (Å²) in [4.78, 5) is 23.1. The van der Waals surface area contributed by atoms with Crippen molar-refractivity contribution in [1.82, 2.24) is 10.6 Å². The van der Waals surface area contributed by atoms with Gasteiger partial charge in [-0.3, -0.25) is 9.59 Å². The van der Waals surface area contributed by atoms with E-state index in [0.29, 0.717) is 35.1 Å². The Morgan fingerprint density at radius 3 is 1.32 bits per heavy atom. The Bertz CT molecular complexity index is 273. The van der Waals surface area contributed by atoms with E-state index in [4.69, 9.17) is 0 Å². The first kappa shape index (κ1) is 17.9. The SMILES string of the molecule is C[N+](C)(C)CC(=O)NCCCNC(=O)C[N+](C)(C)C. The minimum absolute atomic E-state index is 0.0465. The van der Waals surface area contributed by atoms with Gasteiger partial charge in [-0.05, 0) is 6.42 Å². The molecule has 0 radical (unpaired) electrons. The third kappa shape index (κ3) is 13.1. The average Bonchev–Trinajstić information content (AvgIpc) is 2.10. The number of likely N-dealkylation sites (N-methyl/N-ethyl adjacent to an activating group) is 2. The van der Waals surface area contributed by atoms with Crippen molar-refractivity contribution < 1.29 is 18.6 Å². The van der Waals surface area contributed by atoms with Crippen LogP contribution in [0.25, 0.3) is 0 Å². The topological polar surface area (TPSA) is 58.2 Å². The summed E-state index contributed by atoms with van der Waals surface area (Å²) in [6, 6.07) is 0. The Morgan fingerprint density at radius 1 is 0.737 bits per heavy atom. The molecule has 112 valence electrons. The van der Waals surface area contributed by atoms with Crippen molar-refractivity contribution in [3.63, 3.8) is 0 Å². The number of rotatable bonds is 8. The number of nitrogens with zero attached hydrogens (tertiary/aromatic N) is 2. The lowest BCUT2D eigenvalue weighted by molar-refractivity contribution is -0.862. The van der Waals surface area contributed by atoms with Gasteiger partial charge in [0.15, 0.2) is 13.1 Å². The average molecular weight is 274 g/mol. The molecule has 0 aliphatic heterocycles. The fraction of sp³-hybridized carbons (Fsp3) is 0.846. The molecule has 0 heterocycles. The van der Waals surface area contributed by atoms with E-state index in [1.165, 1.54) is 0 Å². The summed E-state index contributed by atoms with van der Waals surface area (Å²) in [5.41, 5.74) is 0. The van der Waals surface area contributed by atoms with E-state index in [9.17, 15) is 9.59 Å². The summed E-state index contributed by atoms with van der Waals surface area (Å²) >= 11 is 0. The molecule has 0 aromatic carbocycles. The van der Waals surface area contributed by atoms with Crippen LogP contribution in [0.1, 0.15) is 6.42 Å². The Labute approximate surface area is 116 Å². The van der Waals surface area contributed by atoms with Crippen LogP contribution in [0.5, 0.6) is 0 Å². The van der Waals surface area contributed by atoms with Crippen LogP contribution in [-0.2, 0) is 9.59 Å². The standard InChI is InChI=1S/C13H28N4O2/c1-16(2,3)10-12(18)14-8-7-9-15-13(19)11-17(4,5)6/h7-11H2,1-6H3/p+2. The maximum Gasteiger partial charge on any atom is 0.275 e. The Balaban J connectivity index is 3.61. The van der Waals surface area contributed by atoms with E-state index in [1.807, 2.05) is 42.3 Å². The van der Waals surface area contributed by atoms with Crippen LogP contribution in [0.15, 0.2) is 0 Å². The lowest BCUT2D eigenvalue weighted by Crippen LogP contribution is -2.45. The Hall–Kier alpha value is -1.14. The molecule has 0 unspecified atom stereocenters. The molecule has 0 aliphatic rings. The summed E-state index contributed by atoms with van der Waals surface area (Å²) in [5.74, 6) is 0.0929. The van der Waals surface area contributed by atoms with Gasteiger partial charge in [-0.25, -0.2) is 0 Å². The van der Waals surface area contributed by atoms with Gasteiger partial charge >= 0.3 is 0 Å². The van der Waals surface area contributed by atoms with Crippen molar-refractivity contribution >= 4 is 11.8 Å². The van der Waals surface area contributed by atoms with Gasteiger partial charge in [-0.15, -0.1) is 0 Å². The van der Waals surface area contributed by atoms with Crippen molar-refractivity contribution in [3.8, 4) is 0 Å². The van der Waals surface area contributed by atoms with Gasteiger partial charge in [0.25, 0.3) is 11.8 Å². The van der Waals surface area contributed by atoms with Crippen molar-refractivity contribution in [1.29, 1.82) is 0 Å². The predicted molar refractivity (Wildman–Crippen MR) is 76.4 cm³/mol. The van der Waals surface area contributed by atoms with E-state index in [1.54, 1.807) is 0 Å². The number of carbonyl (C=O) groups excluding carboxylic acids is 2. The second kappa shape index (κ2) is 7.45. The molecule has 19 heavy (non-hydrogen) atoms. The highest BCUT2D eigenvalue weighted by molar-refractivity contribution is 5.77. The highest BCUT2D eigenvalue weighted by Crippen LogP contribution is 1.89. The molecule has 0 saturated heterocycles. The minimum Gasteiger partial charge on any atom is -0.351 e. The molecule has 6 nitrogen and oxygen atoms in total. The van der Waals surface area contributed by atoms with Gasteiger partial charge < -0.3 is 19.6 Å². The zero-order valence-electron chi connectivity index (χ0n) is 13.2. The molecule has 0 aromatic rings. The van der Waals surface area contributed by atoms with Crippen LogP contribution in [0.4, 0.5) is 0 Å². The van der Waals surface area contributed by atoms with Crippen molar-refractivity contribution in [3.05, 3.63) is 0 Å². The van der Waals surface area contributed by atoms with Crippen LogP contribution in [0.2, 0.25) is 0 Å². The quantitative estimate of drug-likeness (QED) is 0.442. The summed E-state index contributed by atoms with van der Waals surface area (Å²) in [5, 5.41) is 5.70. The molecule has 0 aromatic heterocycles. The third-order valence-electron chi connectivity index (χ3n) is 2.23. The second-order valence-corrected chi connectivity index (χ2v) is 6.95. The molecule has 0 atom stereocenters. The Kier molecular flexibility index (Phi) is 7.00. The number of hydrogen-bond acceptors (Lipinski definition) is 2. The number of carbonyl (C=O) groups is 2. The van der Waals surface area contributed by atoms with E-state index in [-0.39, 0.29) is 11.8 Å². The van der Waals surface area contributed by atoms with Gasteiger partial charge in [0.2, 0.25) is 0 Å². The third-order valence-corrected chi connectivity index (χ3v) is 2.23. The molecule has 0 bridgehead atoms. The molecule has 0 spiro atoms. The second-order valence-electron chi connectivity index (χ2n) is 6.95. The molecule has 0 fully saturated rings. The van der Waals surface area contributed by atoms with Gasteiger partial charge in [-0.1, -0.05) is 0 Å². The fourth-order valence-electron chi connectivity index (χ4n) is 1.52. The minimum atomic E-state index is 0.0465.